The normalized spacial score (nSPS) is 20.3. The molecule has 0 radical (unpaired) electrons. The standard InChI is InChI=1S/C20H16F5NO2/c1-11(26-6-4-20(24,25)5-7-26)14-9-17-18(10-16(14)23)28-19(27-17)13-3-2-12(21)8-15(13)22/h2-3,8-10,19H,1,4-7H2. The van der Waals surface area contributed by atoms with Crippen LogP contribution < -0.4 is 9.47 Å². The zero-order valence-corrected chi connectivity index (χ0v) is 14.7. The lowest BCUT2D eigenvalue weighted by Gasteiger charge is -2.34. The van der Waals surface area contributed by atoms with Gasteiger partial charge in [0.05, 0.1) is 5.56 Å². The summed E-state index contributed by atoms with van der Waals surface area (Å²) in [4.78, 5) is 1.59. The van der Waals surface area contributed by atoms with Crippen molar-refractivity contribution in [3.05, 3.63) is 65.5 Å². The van der Waals surface area contributed by atoms with Gasteiger partial charge in [0.1, 0.15) is 17.5 Å². The summed E-state index contributed by atoms with van der Waals surface area (Å²) in [5.74, 6) is -4.76. The first-order chi connectivity index (χ1) is 13.2. The Hall–Kier alpha value is -2.77. The molecule has 2 aromatic rings. The molecule has 0 saturated carbocycles. The number of likely N-dealkylation sites (tertiary alicyclic amines) is 1. The summed E-state index contributed by atoms with van der Waals surface area (Å²) in [6.45, 7) is 3.94. The SMILES string of the molecule is C=C(c1cc2c(cc1F)OC(c1ccc(F)cc1F)O2)N1CCC(F)(F)CC1. The summed E-state index contributed by atoms with van der Waals surface area (Å²) in [6.07, 6.45) is -1.85. The molecule has 2 aliphatic heterocycles. The van der Waals surface area contributed by atoms with E-state index in [9.17, 15) is 22.0 Å². The van der Waals surface area contributed by atoms with E-state index < -0.39 is 29.7 Å². The summed E-state index contributed by atoms with van der Waals surface area (Å²) >= 11 is 0. The van der Waals surface area contributed by atoms with Crippen LogP contribution in [0.5, 0.6) is 11.5 Å². The topological polar surface area (TPSA) is 21.7 Å². The maximum Gasteiger partial charge on any atom is 0.270 e. The largest absolute Gasteiger partial charge is 0.447 e. The highest BCUT2D eigenvalue weighted by Gasteiger charge is 2.35. The van der Waals surface area contributed by atoms with Crippen LogP contribution in [-0.4, -0.2) is 23.9 Å². The van der Waals surface area contributed by atoms with Gasteiger partial charge in [-0.2, -0.15) is 0 Å². The van der Waals surface area contributed by atoms with Gasteiger partial charge in [-0.1, -0.05) is 6.58 Å². The number of ether oxygens (including phenoxy) is 2. The highest BCUT2D eigenvalue weighted by molar-refractivity contribution is 5.66. The lowest BCUT2D eigenvalue weighted by molar-refractivity contribution is -0.0450. The van der Waals surface area contributed by atoms with Gasteiger partial charge >= 0.3 is 0 Å². The zero-order chi connectivity index (χ0) is 20.1. The maximum absolute atomic E-state index is 14.6. The predicted octanol–water partition coefficient (Wildman–Crippen LogP) is 5.28. The first kappa shape index (κ1) is 18.6. The number of fused-ring (bicyclic) bond motifs is 1. The number of benzene rings is 2. The van der Waals surface area contributed by atoms with E-state index in [2.05, 4.69) is 6.58 Å². The van der Waals surface area contributed by atoms with Crippen molar-refractivity contribution >= 4 is 5.70 Å². The van der Waals surface area contributed by atoms with Crippen molar-refractivity contribution < 1.29 is 31.4 Å². The third kappa shape index (κ3) is 3.39. The molecule has 0 bridgehead atoms. The van der Waals surface area contributed by atoms with Crippen molar-refractivity contribution in [3.8, 4) is 11.5 Å². The van der Waals surface area contributed by atoms with Crippen LogP contribution in [0.15, 0.2) is 36.9 Å². The summed E-state index contributed by atoms with van der Waals surface area (Å²) in [5.41, 5.74) is 0.320. The molecule has 0 aliphatic carbocycles. The molecule has 2 aromatic carbocycles. The second-order valence-electron chi connectivity index (χ2n) is 6.80. The van der Waals surface area contributed by atoms with Gasteiger partial charge in [0.15, 0.2) is 11.5 Å². The molecule has 0 amide bonds. The van der Waals surface area contributed by atoms with Gasteiger partial charge in [0.25, 0.3) is 12.2 Å². The number of alkyl halides is 2. The molecule has 2 aliphatic rings. The van der Waals surface area contributed by atoms with Crippen molar-refractivity contribution in [3.63, 3.8) is 0 Å². The van der Waals surface area contributed by atoms with E-state index in [0.29, 0.717) is 6.07 Å². The van der Waals surface area contributed by atoms with Gasteiger partial charge in [0.2, 0.25) is 0 Å². The van der Waals surface area contributed by atoms with Crippen LogP contribution in [0, 0.1) is 17.5 Å². The number of hydrogen-bond acceptors (Lipinski definition) is 3. The minimum absolute atomic E-state index is 0.0309. The van der Waals surface area contributed by atoms with Crippen molar-refractivity contribution in [2.45, 2.75) is 25.1 Å². The zero-order valence-electron chi connectivity index (χ0n) is 14.7. The molecular formula is C20H16F5NO2. The van der Waals surface area contributed by atoms with Gasteiger partial charge in [-0.3, -0.25) is 0 Å². The van der Waals surface area contributed by atoms with E-state index in [1.807, 2.05) is 0 Å². The molecule has 1 unspecified atom stereocenters. The van der Waals surface area contributed by atoms with Crippen LogP contribution in [0.4, 0.5) is 22.0 Å². The Balaban J connectivity index is 1.56. The predicted molar refractivity (Wildman–Crippen MR) is 91.5 cm³/mol. The minimum Gasteiger partial charge on any atom is -0.447 e. The highest BCUT2D eigenvalue weighted by Crippen LogP contribution is 2.44. The summed E-state index contributed by atoms with van der Waals surface area (Å²) in [7, 11) is 0. The second kappa shape index (κ2) is 6.68. The Morgan fingerprint density at radius 3 is 2.25 bits per heavy atom. The minimum atomic E-state index is -2.73. The number of piperidine rings is 1. The molecule has 2 heterocycles. The summed E-state index contributed by atoms with van der Waals surface area (Å²) in [6, 6.07) is 5.38. The molecule has 28 heavy (non-hydrogen) atoms. The Bertz CT molecular complexity index is 936. The van der Waals surface area contributed by atoms with Crippen LogP contribution in [-0.2, 0) is 0 Å². The number of rotatable bonds is 3. The molecule has 0 N–H and O–H groups in total. The van der Waals surface area contributed by atoms with Crippen LogP contribution in [0.3, 0.4) is 0 Å². The molecular weight excluding hydrogens is 381 g/mol. The fourth-order valence-corrected chi connectivity index (χ4v) is 3.29. The second-order valence-corrected chi connectivity index (χ2v) is 6.80. The van der Waals surface area contributed by atoms with Gasteiger partial charge in [0, 0.05) is 49.3 Å². The van der Waals surface area contributed by atoms with E-state index in [1.54, 1.807) is 4.90 Å². The molecule has 4 rings (SSSR count). The summed E-state index contributed by atoms with van der Waals surface area (Å²) in [5, 5.41) is 0. The van der Waals surface area contributed by atoms with Crippen molar-refractivity contribution in [2.24, 2.45) is 0 Å². The van der Waals surface area contributed by atoms with E-state index in [4.69, 9.17) is 9.47 Å². The van der Waals surface area contributed by atoms with Gasteiger partial charge in [-0.15, -0.1) is 0 Å². The molecule has 1 atom stereocenters. The summed E-state index contributed by atoms with van der Waals surface area (Å²) < 4.78 is 79.3. The Morgan fingerprint density at radius 2 is 1.61 bits per heavy atom. The number of hydrogen-bond donors (Lipinski definition) is 0. The quantitative estimate of drug-likeness (QED) is 0.658. The molecule has 3 nitrogen and oxygen atoms in total. The fourth-order valence-electron chi connectivity index (χ4n) is 3.29. The molecule has 1 fully saturated rings. The average molecular weight is 397 g/mol. The van der Waals surface area contributed by atoms with Crippen LogP contribution >= 0.6 is 0 Å². The van der Waals surface area contributed by atoms with E-state index in [0.717, 1.165) is 12.1 Å². The third-order valence-electron chi connectivity index (χ3n) is 4.91. The lowest BCUT2D eigenvalue weighted by Crippen LogP contribution is -2.38. The van der Waals surface area contributed by atoms with E-state index in [-0.39, 0.29) is 54.3 Å². The average Bonchev–Trinajstić information content (AvgIpc) is 3.02. The van der Waals surface area contributed by atoms with Crippen molar-refractivity contribution in [2.75, 3.05) is 13.1 Å². The van der Waals surface area contributed by atoms with Crippen molar-refractivity contribution in [1.29, 1.82) is 0 Å². The fraction of sp³-hybridized carbons (Fsp3) is 0.300. The number of nitrogens with zero attached hydrogens (tertiary/aromatic N) is 1. The first-order valence-corrected chi connectivity index (χ1v) is 8.67. The monoisotopic (exact) mass is 397 g/mol. The lowest BCUT2D eigenvalue weighted by atomic mass is 10.0. The Labute approximate surface area is 158 Å². The first-order valence-electron chi connectivity index (χ1n) is 8.67. The van der Waals surface area contributed by atoms with Crippen LogP contribution in [0.25, 0.3) is 5.70 Å². The maximum atomic E-state index is 14.6. The third-order valence-corrected chi connectivity index (χ3v) is 4.91. The smallest absolute Gasteiger partial charge is 0.270 e. The molecule has 0 aromatic heterocycles. The highest BCUT2D eigenvalue weighted by atomic mass is 19.3. The molecule has 0 spiro atoms. The molecule has 8 heteroatoms. The van der Waals surface area contributed by atoms with Gasteiger partial charge < -0.3 is 14.4 Å². The van der Waals surface area contributed by atoms with Crippen LogP contribution in [0.1, 0.15) is 30.3 Å². The molecule has 148 valence electrons. The van der Waals surface area contributed by atoms with E-state index in [1.165, 1.54) is 12.1 Å². The van der Waals surface area contributed by atoms with E-state index >= 15 is 0 Å². The van der Waals surface area contributed by atoms with Crippen LogP contribution in [0.2, 0.25) is 0 Å². The van der Waals surface area contributed by atoms with Gasteiger partial charge in [-0.25, -0.2) is 22.0 Å². The van der Waals surface area contributed by atoms with Gasteiger partial charge in [-0.05, 0) is 18.2 Å². The Kier molecular flexibility index (Phi) is 4.44. The number of halogens is 5. The van der Waals surface area contributed by atoms with Crippen molar-refractivity contribution in [1.82, 2.24) is 4.90 Å². The molecule has 1 saturated heterocycles. The Morgan fingerprint density at radius 1 is 0.964 bits per heavy atom.